The van der Waals surface area contributed by atoms with Gasteiger partial charge < -0.3 is 10.5 Å². The summed E-state index contributed by atoms with van der Waals surface area (Å²) in [5.74, 6) is 0.881. The molecule has 0 fully saturated rings. The quantitative estimate of drug-likeness (QED) is 0.799. The van der Waals surface area contributed by atoms with Crippen LogP contribution < -0.4 is 10.5 Å². The number of rotatable bonds is 5. The van der Waals surface area contributed by atoms with E-state index in [0.29, 0.717) is 4.99 Å². The van der Waals surface area contributed by atoms with Crippen molar-refractivity contribution in [2.45, 2.75) is 39.7 Å². The zero-order valence-corrected chi connectivity index (χ0v) is 10.9. The van der Waals surface area contributed by atoms with Crippen LogP contribution in [0.2, 0.25) is 0 Å². The molecule has 88 valence electrons. The summed E-state index contributed by atoms with van der Waals surface area (Å²) in [7, 11) is 0. The first kappa shape index (κ1) is 13.0. The average Bonchev–Trinajstić information content (AvgIpc) is 2.21. The molecule has 0 aliphatic heterocycles. The molecule has 3 heteroatoms. The fourth-order valence-corrected chi connectivity index (χ4v) is 1.69. The summed E-state index contributed by atoms with van der Waals surface area (Å²) in [6.07, 6.45) is 2.40. The van der Waals surface area contributed by atoms with E-state index in [-0.39, 0.29) is 6.10 Å². The van der Waals surface area contributed by atoms with E-state index < -0.39 is 0 Å². The second-order valence-electron chi connectivity index (χ2n) is 4.06. The zero-order valence-electron chi connectivity index (χ0n) is 10.1. The van der Waals surface area contributed by atoms with Gasteiger partial charge in [-0.25, -0.2) is 0 Å². The fourth-order valence-electron chi connectivity index (χ4n) is 1.56. The summed E-state index contributed by atoms with van der Waals surface area (Å²) in [4.78, 5) is 0.410. The van der Waals surface area contributed by atoms with Crippen LogP contribution in [0.5, 0.6) is 5.75 Å². The highest BCUT2D eigenvalue weighted by Gasteiger charge is 2.07. The van der Waals surface area contributed by atoms with Gasteiger partial charge in [-0.15, -0.1) is 0 Å². The van der Waals surface area contributed by atoms with Crippen LogP contribution in [0.4, 0.5) is 0 Å². The Bertz CT molecular complexity index is 376. The van der Waals surface area contributed by atoms with Gasteiger partial charge in [0.1, 0.15) is 10.7 Å². The minimum Gasteiger partial charge on any atom is -0.490 e. The van der Waals surface area contributed by atoms with Gasteiger partial charge in [-0.3, -0.25) is 0 Å². The summed E-state index contributed by atoms with van der Waals surface area (Å²) in [5, 5.41) is 0. The summed E-state index contributed by atoms with van der Waals surface area (Å²) in [5.41, 5.74) is 7.57. The lowest BCUT2D eigenvalue weighted by Gasteiger charge is -2.16. The number of nitrogens with two attached hydrogens (primary N) is 1. The van der Waals surface area contributed by atoms with E-state index in [1.807, 2.05) is 25.1 Å². The Morgan fingerprint density at radius 1 is 1.50 bits per heavy atom. The Morgan fingerprint density at radius 3 is 2.75 bits per heavy atom. The number of hydrogen-bond acceptors (Lipinski definition) is 2. The van der Waals surface area contributed by atoms with E-state index in [4.69, 9.17) is 22.7 Å². The third-order valence-electron chi connectivity index (χ3n) is 2.50. The normalized spacial score (nSPS) is 12.2. The standard InChI is InChI=1S/C13H19NOS/c1-4-5-10(3)15-12-8-11(13(14)16)7-6-9(12)2/h6-8,10H,4-5H2,1-3H3,(H2,14,16). The molecule has 16 heavy (non-hydrogen) atoms. The van der Waals surface area contributed by atoms with Gasteiger partial charge in [0, 0.05) is 5.56 Å². The van der Waals surface area contributed by atoms with Gasteiger partial charge in [0.05, 0.1) is 6.10 Å². The molecular formula is C13H19NOS. The van der Waals surface area contributed by atoms with Crippen LogP contribution in [0.15, 0.2) is 18.2 Å². The summed E-state index contributed by atoms with van der Waals surface area (Å²) in [6.45, 7) is 6.26. The first-order valence-electron chi connectivity index (χ1n) is 5.61. The Balaban J connectivity index is 2.85. The average molecular weight is 237 g/mol. The Hall–Kier alpha value is -1.09. The number of ether oxygens (including phenoxy) is 1. The van der Waals surface area contributed by atoms with Crippen LogP contribution in [0.1, 0.15) is 37.8 Å². The molecule has 1 atom stereocenters. The number of benzene rings is 1. The van der Waals surface area contributed by atoms with Crippen LogP contribution in [-0.2, 0) is 0 Å². The molecule has 2 nitrogen and oxygen atoms in total. The molecule has 0 saturated heterocycles. The molecule has 0 radical (unpaired) electrons. The van der Waals surface area contributed by atoms with E-state index in [0.717, 1.165) is 29.7 Å². The third kappa shape index (κ3) is 3.49. The minimum absolute atomic E-state index is 0.227. The first-order chi connectivity index (χ1) is 7.54. The topological polar surface area (TPSA) is 35.2 Å². The molecule has 0 amide bonds. The lowest BCUT2D eigenvalue weighted by molar-refractivity contribution is 0.208. The van der Waals surface area contributed by atoms with Crippen molar-refractivity contribution >= 4 is 17.2 Å². The van der Waals surface area contributed by atoms with Gasteiger partial charge in [-0.2, -0.15) is 0 Å². The second-order valence-corrected chi connectivity index (χ2v) is 4.50. The van der Waals surface area contributed by atoms with Crippen LogP contribution >= 0.6 is 12.2 Å². The smallest absolute Gasteiger partial charge is 0.123 e. The maximum Gasteiger partial charge on any atom is 0.123 e. The molecule has 0 bridgehead atoms. The van der Waals surface area contributed by atoms with Crippen molar-refractivity contribution in [3.8, 4) is 5.75 Å². The Morgan fingerprint density at radius 2 is 2.19 bits per heavy atom. The van der Waals surface area contributed by atoms with E-state index in [1.54, 1.807) is 0 Å². The maximum absolute atomic E-state index is 5.86. The number of hydrogen-bond donors (Lipinski definition) is 1. The van der Waals surface area contributed by atoms with Crippen molar-refractivity contribution in [1.82, 2.24) is 0 Å². The molecule has 0 saturated carbocycles. The minimum atomic E-state index is 0.227. The molecular weight excluding hydrogens is 218 g/mol. The monoisotopic (exact) mass is 237 g/mol. The largest absolute Gasteiger partial charge is 0.490 e. The molecule has 1 aromatic rings. The van der Waals surface area contributed by atoms with Crippen molar-refractivity contribution in [3.05, 3.63) is 29.3 Å². The molecule has 0 spiro atoms. The van der Waals surface area contributed by atoms with Crippen LogP contribution in [-0.4, -0.2) is 11.1 Å². The van der Waals surface area contributed by atoms with Crippen LogP contribution in [0, 0.1) is 6.92 Å². The van der Waals surface area contributed by atoms with Gasteiger partial charge in [-0.1, -0.05) is 37.7 Å². The molecule has 0 heterocycles. The van der Waals surface area contributed by atoms with Crippen molar-refractivity contribution in [2.75, 3.05) is 0 Å². The van der Waals surface area contributed by atoms with Crippen molar-refractivity contribution < 1.29 is 4.74 Å². The highest BCUT2D eigenvalue weighted by molar-refractivity contribution is 7.80. The van der Waals surface area contributed by atoms with Crippen LogP contribution in [0.25, 0.3) is 0 Å². The first-order valence-corrected chi connectivity index (χ1v) is 6.02. The molecule has 0 aliphatic rings. The second kappa shape index (κ2) is 5.85. The molecule has 1 rings (SSSR count). The van der Waals surface area contributed by atoms with E-state index in [1.165, 1.54) is 0 Å². The molecule has 0 aromatic heterocycles. The van der Waals surface area contributed by atoms with Gasteiger partial charge >= 0.3 is 0 Å². The Kier molecular flexibility index (Phi) is 4.74. The van der Waals surface area contributed by atoms with Crippen molar-refractivity contribution in [2.24, 2.45) is 5.73 Å². The molecule has 1 aromatic carbocycles. The summed E-state index contributed by atoms with van der Waals surface area (Å²) >= 11 is 4.95. The fraction of sp³-hybridized carbons (Fsp3) is 0.462. The summed E-state index contributed by atoms with van der Waals surface area (Å²) < 4.78 is 5.86. The van der Waals surface area contributed by atoms with Crippen molar-refractivity contribution in [3.63, 3.8) is 0 Å². The van der Waals surface area contributed by atoms with E-state index in [2.05, 4.69) is 13.8 Å². The van der Waals surface area contributed by atoms with Crippen molar-refractivity contribution in [1.29, 1.82) is 0 Å². The van der Waals surface area contributed by atoms with Gasteiger partial charge in [0.15, 0.2) is 0 Å². The summed E-state index contributed by atoms with van der Waals surface area (Å²) in [6, 6.07) is 5.83. The van der Waals surface area contributed by atoms with Crippen LogP contribution in [0.3, 0.4) is 0 Å². The highest BCUT2D eigenvalue weighted by atomic mass is 32.1. The predicted molar refractivity (Wildman–Crippen MR) is 72.1 cm³/mol. The lowest BCUT2D eigenvalue weighted by atomic mass is 10.1. The maximum atomic E-state index is 5.86. The number of aryl methyl sites for hydroxylation is 1. The highest BCUT2D eigenvalue weighted by Crippen LogP contribution is 2.21. The van der Waals surface area contributed by atoms with E-state index in [9.17, 15) is 0 Å². The number of thiocarbonyl (C=S) groups is 1. The molecule has 2 N–H and O–H groups in total. The molecule has 0 aliphatic carbocycles. The van der Waals surface area contributed by atoms with E-state index >= 15 is 0 Å². The molecule has 1 unspecified atom stereocenters. The predicted octanol–water partition coefficient (Wildman–Crippen LogP) is 3.20. The SMILES string of the molecule is CCCC(C)Oc1cc(C(N)=S)ccc1C. The van der Waals surface area contributed by atoms with Gasteiger partial charge in [-0.05, 0) is 31.9 Å². The zero-order chi connectivity index (χ0) is 12.1. The third-order valence-corrected chi connectivity index (χ3v) is 2.73. The lowest BCUT2D eigenvalue weighted by Crippen LogP contribution is -2.14. The van der Waals surface area contributed by atoms with Gasteiger partial charge in [0.2, 0.25) is 0 Å². The van der Waals surface area contributed by atoms with Gasteiger partial charge in [0.25, 0.3) is 0 Å². The Labute approximate surface area is 103 Å².